The van der Waals surface area contributed by atoms with E-state index in [1.54, 1.807) is 0 Å². The summed E-state index contributed by atoms with van der Waals surface area (Å²) in [6, 6.07) is 3.93. The molecule has 0 aromatic heterocycles. The molecule has 0 aromatic carbocycles. The van der Waals surface area contributed by atoms with Crippen LogP contribution in [0, 0.1) is 17.8 Å². The first kappa shape index (κ1) is 15.0. The standard InChI is InChI=1S/C20H34N4/c1-4-12-8-9-13-18-16(7-3-10-21-18)24-19(13)17(12)14(5-1)23-15-6-2-11-22-20(15)24/h12-23H,1-11H2. The van der Waals surface area contributed by atoms with Crippen LogP contribution < -0.4 is 16.0 Å². The number of rotatable bonds is 0. The predicted molar refractivity (Wildman–Crippen MR) is 95.7 cm³/mol. The summed E-state index contributed by atoms with van der Waals surface area (Å²) in [5.41, 5.74) is 0. The van der Waals surface area contributed by atoms with Gasteiger partial charge in [0.2, 0.25) is 0 Å². The van der Waals surface area contributed by atoms with Crippen LogP contribution in [-0.2, 0) is 0 Å². The Morgan fingerprint density at radius 1 is 0.750 bits per heavy atom. The zero-order valence-electron chi connectivity index (χ0n) is 14.9. The number of nitrogens with zero attached hydrogens (tertiary/aromatic N) is 1. The molecule has 134 valence electrons. The van der Waals surface area contributed by atoms with E-state index in [4.69, 9.17) is 0 Å². The molecule has 9 unspecified atom stereocenters. The number of fused-ring (bicyclic) bond motifs is 5. The van der Waals surface area contributed by atoms with E-state index in [1.807, 2.05) is 0 Å². The molecule has 0 radical (unpaired) electrons. The van der Waals surface area contributed by atoms with Crippen molar-refractivity contribution < 1.29 is 0 Å². The van der Waals surface area contributed by atoms with Crippen LogP contribution >= 0.6 is 0 Å². The third-order valence-corrected chi connectivity index (χ3v) is 8.64. The molecule has 0 spiro atoms. The molecule has 0 amide bonds. The minimum Gasteiger partial charge on any atom is -0.312 e. The molecular weight excluding hydrogens is 296 g/mol. The highest BCUT2D eigenvalue weighted by atomic mass is 15.4. The van der Waals surface area contributed by atoms with Crippen LogP contribution in [0.3, 0.4) is 0 Å². The maximum absolute atomic E-state index is 4.20. The van der Waals surface area contributed by atoms with Gasteiger partial charge in [-0.05, 0) is 75.8 Å². The van der Waals surface area contributed by atoms with E-state index in [-0.39, 0.29) is 0 Å². The molecule has 9 atom stereocenters. The maximum Gasteiger partial charge on any atom is 0.0761 e. The summed E-state index contributed by atoms with van der Waals surface area (Å²) in [4.78, 5) is 3.06. The summed E-state index contributed by atoms with van der Waals surface area (Å²) < 4.78 is 0. The van der Waals surface area contributed by atoms with Crippen molar-refractivity contribution >= 4 is 0 Å². The first-order chi connectivity index (χ1) is 11.9. The van der Waals surface area contributed by atoms with Crippen LogP contribution in [0.2, 0.25) is 0 Å². The first-order valence-corrected chi connectivity index (χ1v) is 10.9. The summed E-state index contributed by atoms with van der Waals surface area (Å²) in [6.45, 7) is 2.48. The van der Waals surface area contributed by atoms with Gasteiger partial charge >= 0.3 is 0 Å². The summed E-state index contributed by atoms with van der Waals surface area (Å²) in [5.74, 6) is 2.85. The average Bonchev–Trinajstić information content (AvgIpc) is 2.88. The Kier molecular flexibility index (Phi) is 3.53. The van der Waals surface area contributed by atoms with Crippen molar-refractivity contribution in [1.82, 2.24) is 20.9 Å². The number of hydrogen-bond donors (Lipinski definition) is 3. The van der Waals surface area contributed by atoms with Gasteiger partial charge in [0.15, 0.2) is 0 Å². The fraction of sp³-hybridized carbons (Fsp3) is 1.00. The molecule has 4 heteroatoms. The number of nitrogens with one attached hydrogen (secondary N) is 3. The van der Waals surface area contributed by atoms with Crippen molar-refractivity contribution in [3.05, 3.63) is 0 Å². The SMILES string of the molecule is C1CC2CCC3C4NCCCC4N4C5NCCCC5NC(C1)C2C34. The van der Waals surface area contributed by atoms with E-state index in [0.717, 1.165) is 41.9 Å². The second-order valence-electron chi connectivity index (χ2n) is 9.56. The summed E-state index contributed by atoms with van der Waals surface area (Å²) >= 11 is 0. The van der Waals surface area contributed by atoms with Gasteiger partial charge in [0.25, 0.3) is 0 Å². The predicted octanol–water partition coefficient (Wildman–Crippen LogP) is 1.67. The fourth-order valence-corrected chi connectivity index (χ4v) is 7.95. The highest BCUT2D eigenvalue weighted by Crippen LogP contribution is 2.53. The smallest absolute Gasteiger partial charge is 0.0761 e. The second kappa shape index (κ2) is 5.67. The Hall–Kier alpha value is -0.160. The van der Waals surface area contributed by atoms with Gasteiger partial charge in [-0.15, -0.1) is 0 Å². The molecule has 2 saturated carbocycles. The maximum atomic E-state index is 4.20. The molecular formula is C20H34N4. The van der Waals surface area contributed by atoms with Crippen molar-refractivity contribution in [2.75, 3.05) is 13.1 Å². The molecule has 3 N–H and O–H groups in total. The quantitative estimate of drug-likeness (QED) is 0.632. The first-order valence-electron chi connectivity index (χ1n) is 10.9. The van der Waals surface area contributed by atoms with E-state index in [2.05, 4.69) is 20.9 Å². The largest absolute Gasteiger partial charge is 0.312 e. The molecule has 4 nitrogen and oxygen atoms in total. The lowest BCUT2D eigenvalue weighted by molar-refractivity contribution is 0.00387. The van der Waals surface area contributed by atoms with E-state index in [1.165, 1.54) is 70.9 Å². The van der Waals surface area contributed by atoms with Gasteiger partial charge in [-0.1, -0.05) is 12.8 Å². The number of hydrogen-bond acceptors (Lipinski definition) is 4. The van der Waals surface area contributed by atoms with Crippen molar-refractivity contribution in [3.63, 3.8) is 0 Å². The molecule has 4 heterocycles. The molecule has 4 saturated heterocycles. The summed E-state index contributed by atoms with van der Waals surface area (Å²) in [5, 5.41) is 12.2. The third-order valence-electron chi connectivity index (χ3n) is 8.64. The molecule has 2 aliphatic carbocycles. The fourth-order valence-electron chi connectivity index (χ4n) is 7.95. The van der Waals surface area contributed by atoms with E-state index in [9.17, 15) is 0 Å². The summed E-state index contributed by atoms with van der Waals surface area (Å²) in [7, 11) is 0. The van der Waals surface area contributed by atoms with Crippen LogP contribution in [0.1, 0.15) is 57.8 Å². The van der Waals surface area contributed by atoms with Crippen molar-refractivity contribution in [2.45, 2.75) is 94.2 Å². The van der Waals surface area contributed by atoms with Gasteiger partial charge in [0.1, 0.15) is 0 Å². The lowest BCUT2D eigenvalue weighted by Crippen LogP contribution is -2.63. The van der Waals surface area contributed by atoms with Crippen molar-refractivity contribution in [2.24, 2.45) is 17.8 Å². The zero-order valence-corrected chi connectivity index (χ0v) is 14.9. The van der Waals surface area contributed by atoms with Crippen LogP contribution in [0.4, 0.5) is 0 Å². The van der Waals surface area contributed by atoms with Gasteiger partial charge in [-0.2, -0.15) is 0 Å². The van der Waals surface area contributed by atoms with Gasteiger partial charge in [0, 0.05) is 30.2 Å². The van der Waals surface area contributed by atoms with Gasteiger partial charge in [-0.25, -0.2) is 0 Å². The van der Waals surface area contributed by atoms with Gasteiger partial charge in [0.05, 0.1) is 6.17 Å². The van der Waals surface area contributed by atoms with Crippen molar-refractivity contribution in [3.8, 4) is 0 Å². The minimum absolute atomic E-state index is 0.602. The Bertz CT molecular complexity index is 490. The normalized spacial score (nSPS) is 56.8. The van der Waals surface area contributed by atoms with Crippen LogP contribution in [0.15, 0.2) is 0 Å². The van der Waals surface area contributed by atoms with Crippen LogP contribution in [0.25, 0.3) is 0 Å². The molecule has 24 heavy (non-hydrogen) atoms. The Balaban J connectivity index is 1.45. The molecule has 0 bridgehead atoms. The molecule has 0 aromatic rings. The van der Waals surface area contributed by atoms with E-state index in [0.29, 0.717) is 12.2 Å². The van der Waals surface area contributed by atoms with Crippen LogP contribution in [0.5, 0.6) is 0 Å². The summed E-state index contributed by atoms with van der Waals surface area (Å²) in [6.07, 6.45) is 13.5. The second-order valence-corrected chi connectivity index (χ2v) is 9.56. The van der Waals surface area contributed by atoms with E-state index >= 15 is 0 Å². The average molecular weight is 331 g/mol. The van der Waals surface area contributed by atoms with Crippen LogP contribution in [-0.4, -0.2) is 54.4 Å². The third kappa shape index (κ3) is 2.00. The molecule has 6 fully saturated rings. The molecule has 6 aliphatic rings. The lowest BCUT2D eigenvalue weighted by atomic mass is 9.62. The highest BCUT2D eigenvalue weighted by Gasteiger charge is 2.61. The topological polar surface area (TPSA) is 39.3 Å². The van der Waals surface area contributed by atoms with Gasteiger partial charge in [-0.3, -0.25) is 4.90 Å². The monoisotopic (exact) mass is 330 g/mol. The highest BCUT2D eigenvalue weighted by molar-refractivity contribution is 5.16. The van der Waals surface area contributed by atoms with Crippen molar-refractivity contribution in [1.29, 1.82) is 0 Å². The minimum atomic E-state index is 0.602. The zero-order chi connectivity index (χ0) is 15.7. The van der Waals surface area contributed by atoms with E-state index < -0.39 is 0 Å². The lowest BCUT2D eigenvalue weighted by Gasteiger charge is -2.49. The Labute approximate surface area is 146 Å². The Morgan fingerprint density at radius 2 is 1.62 bits per heavy atom. The molecule has 4 aliphatic heterocycles. The van der Waals surface area contributed by atoms with Gasteiger partial charge < -0.3 is 16.0 Å². The Morgan fingerprint density at radius 3 is 2.62 bits per heavy atom. The number of piperidine rings is 2. The molecule has 6 rings (SSSR count).